The number of allylic oxidation sites excluding steroid dienone is 2. The van der Waals surface area contributed by atoms with E-state index in [2.05, 4.69) is 40.7 Å². The molecule has 6 aliphatic heterocycles. The lowest BCUT2D eigenvalue weighted by atomic mass is 9.72. The maximum atomic E-state index is 14.3. The minimum Gasteiger partial charge on any atom is -0.459 e. The van der Waals surface area contributed by atoms with Gasteiger partial charge in [-0.15, -0.1) is 0 Å². The van der Waals surface area contributed by atoms with Crippen molar-refractivity contribution in [2.24, 2.45) is 23.7 Å². The van der Waals surface area contributed by atoms with Crippen LogP contribution in [-0.2, 0) is 52.2 Å². The first-order valence-corrected chi connectivity index (χ1v) is 23.2. The molecule has 2 bridgehead atoms. The highest BCUT2D eigenvalue weighted by Crippen LogP contribution is 2.48. The Labute approximate surface area is 368 Å². The van der Waals surface area contributed by atoms with Crippen LogP contribution < -0.4 is 0 Å². The second kappa shape index (κ2) is 19.8. The van der Waals surface area contributed by atoms with Crippen LogP contribution in [0, 0.1) is 23.7 Å². The molecule has 7 aliphatic rings. The molecule has 0 unspecified atom stereocenters. The smallest absolute Gasteiger partial charge is 0.337 e. The molecule has 0 aromatic heterocycles. The molecule has 3 N–H and O–H groups in total. The highest BCUT2D eigenvalue weighted by Gasteiger charge is 2.59. The molecule has 0 aromatic rings. The molecule has 7 rings (SSSR count). The van der Waals surface area contributed by atoms with Crippen LogP contribution in [-0.4, -0.2) is 139 Å². The predicted octanol–water partition coefficient (Wildman–Crippen LogP) is 5.60. The van der Waals surface area contributed by atoms with E-state index in [0.717, 1.165) is 18.4 Å². The first-order valence-electron chi connectivity index (χ1n) is 23.2. The van der Waals surface area contributed by atoms with Crippen LogP contribution in [0.25, 0.3) is 0 Å². The fraction of sp³-hybridized carbons (Fsp3) is 0.812. The van der Waals surface area contributed by atoms with E-state index >= 15 is 0 Å². The number of aliphatic hydroxyl groups is 3. The van der Waals surface area contributed by atoms with E-state index in [0.29, 0.717) is 55.9 Å². The highest BCUT2D eigenvalue weighted by atomic mass is 16.7. The fourth-order valence-corrected chi connectivity index (χ4v) is 10.9. The van der Waals surface area contributed by atoms with E-state index < -0.39 is 90.8 Å². The molecule has 6 heterocycles. The van der Waals surface area contributed by atoms with E-state index in [4.69, 9.17) is 47.4 Å². The fourth-order valence-electron chi connectivity index (χ4n) is 10.9. The Morgan fingerprint density at radius 3 is 2.34 bits per heavy atom. The van der Waals surface area contributed by atoms with Gasteiger partial charge in [-0.05, 0) is 56.6 Å². The van der Waals surface area contributed by atoms with Gasteiger partial charge in [0.1, 0.15) is 30.0 Å². The monoisotopic (exact) mass is 875 g/mol. The Kier molecular flexibility index (Phi) is 15.3. The van der Waals surface area contributed by atoms with Gasteiger partial charge in [-0.2, -0.15) is 0 Å². The van der Waals surface area contributed by atoms with Gasteiger partial charge in [0.25, 0.3) is 0 Å². The zero-order valence-electron chi connectivity index (χ0n) is 38.5. The van der Waals surface area contributed by atoms with E-state index in [-0.39, 0.29) is 36.4 Å². The Balaban J connectivity index is 1.18. The van der Waals surface area contributed by atoms with E-state index in [9.17, 15) is 20.1 Å². The summed E-state index contributed by atoms with van der Waals surface area (Å²) >= 11 is 0. The molecule has 14 heteroatoms. The maximum Gasteiger partial charge on any atom is 0.337 e. The molecule has 20 atom stereocenters. The summed E-state index contributed by atoms with van der Waals surface area (Å²) in [5.74, 6) is -1.53. The van der Waals surface area contributed by atoms with E-state index in [1.54, 1.807) is 33.3 Å². The number of hydrogen-bond acceptors (Lipinski definition) is 14. The van der Waals surface area contributed by atoms with Crippen LogP contribution in [0.3, 0.4) is 0 Å². The van der Waals surface area contributed by atoms with E-state index in [1.807, 2.05) is 26.0 Å². The molecule has 0 aromatic carbocycles. The van der Waals surface area contributed by atoms with Crippen molar-refractivity contribution < 1.29 is 67.5 Å². The molecule has 350 valence electrons. The highest BCUT2D eigenvalue weighted by molar-refractivity contribution is 5.93. The largest absolute Gasteiger partial charge is 0.459 e. The number of carbonyl (C=O) groups is 1. The number of methoxy groups -OCH3 is 2. The Bertz CT molecular complexity index is 1680. The molecule has 0 radical (unpaired) electrons. The third kappa shape index (κ3) is 9.73. The normalized spacial score (nSPS) is 47.2. The zero-order chi connectivity index (χ0) is 44.7. The van der Waals surface area contributed by atoms with Gasteiger partial charge >= 0.3 is 5.97 Å². The standard InChI is InChI=1S/C48H74O14/c1-11-25(2)43-28(5)17-18-47(62-43)23-34-20-33(61-47)16-15-27(4)42(26(3)13-12-14-32-24-55-45-40(49)29(6)19-35(46(51)58-34)48(32,45)52)59-39-22-37(54-10)44(31(8)57-39)60-38-21-36(53-9)41(50)30(7)56-38/h12-15,19,25-26,28-31,33-34,36-45,49-50,52H,11,16-18,20-24H2,1-10H3/t25-,26-,28-,29-,30-,31-,33+,34-,36-,37-,38-,39-,40+,41-,42-,43+,44-,45+,47+,48+/m0/s1. The van der Waals surface area contributed by atoms with Crippen LogP contribution in [0.1, 0.15) is 107 Å². The average molecular weight is 875 g/mol. The van der Waals surface area contributed by atoms with Crippen molar-refractivity contribution in [3.8, 4) is 0 Å². The minimum absolute atomic E-state index is 0.00895. The van der Waals surface area contributed by atoms with Crippen molar-refractivity contribution in [1.82, 2.24) is 0 Å². The molecule has 5 saturated heterocycles. The third-order valence-corrected chi connectivity index (χ3v) is 14.9. The van der Waals surface area contributed by atoms with Gasteiger partial charge in [0.05, 0.1) is 61.0 Å². The van der Waals surface area contributed by atoms with Crippen LogP contribution in [0.15, 0.2) is 47.1 Å². The topological polar surface area (TPSA) is 170 Å². The first kappa shape index (κ1) is 47.9. The summed E-state index contributed by atoms with van der Waals surface area (Å²) in [6.07, 6.45) is 6.53. The second-order valence-corrected chi connectivity index (χ2v) is 19.4. The van der Waals surface area contributed by atoms with Gasteiger partial charge < -0.3 is 62.7 Å². The first-order chi connectivity index (χ1) is 29.5. The van der Waals surface area contributed by atoms with Crippen molar-refractivity contribution in [3.63, 3.8) is 0 Å². The second-order valence-electron chi connectivity index (χ2n) is 19.4. The number of rotatable bonds is 8. The zero-order valence-corrected chi connectivity index (χ0v) is 38.5. The van der Waals surface area contributed by atoms with E-state index in [1.165, 1.54) is 0 Å². The SMILES string of the molecule is CC[C@H](C)[C@H]1O[C@]2(CC[C@@H]1C)C[C@@H]1C[C@@H](CC=C(C)[C@@H](O[C@H]3C[C@H](OC)[C@@H](O[C@H]4C[C@H](OC)[C@@H](O)[C@H](C)O4)[C@H](C)O3)[C@@H](C)C=CC=C3CO[C@@H]4[C@H](O)[C@@H](C)C=C(C(=O)O1)[C@]34O)O2. The van der Waals surface area contributed by atoms with Crippen molar-refractivity contribution in [2.75, 3.05) is 20.8 Å². The summed E-state index contributed by atoms with van der Waals surface area (Å²) in [6, 6.07) is 0. The summed E-state index contributed by atoms with van der Waals surface area (Å²) in [6.45, 7) is 16.3. The van der Waals surface area contributed by atoms with Gasteiger partial charge in [0.2, 0.25) is 0 Å². The van der Waals surface area contributed by atoms with Crippen LogP contribution in [0.4, 0.5) is 0 Å². The summed E-state index contributed by atoms with van der Waals surface area (Å²) in [5, 5.41) is 34.2. The Morgan fingerprint density at radius 1 is 0.903 bits per heavy atom. The number of ether oxygens (including phenoxy) is 10. The van der Waals surface area contributed by atoms with Crippen LogP contribution in [0.5, 0.6) is 0 Å². The lowest BCUT2D eigenvalue weighted by Crippen LogP contribution is -2.56. The Morgan fingerprint density at radius 2 is 1.61 bits per heavy atom. The third-order valence-electron chi connectivity index (χ3n) is 14.9. The van der Waals surface area contributed by atoms with Crippen LogP contribution in [0.2, 0.25) is 0 Å². The summed E-state index contributed by atoms with van der Waals surface area (Å²) < 4.78 is 63.9. The molecular formula is C48H74O14. The van der Waals surface area contributed by atoms with Crippen molar-refractivity contribution >= 4 is 5.97 Å². The van der Waals surface area contributed by atoms with Gasteiger partial charge in [-0.1, -0.05) is 71.4 Å². The predicted molar refractivity (Wildman–Crippen MR) is 227 cm³/mol. The molecule has 0 amide bonds. The number of esters is 1. The molecular weight excluding hydrogens is 801 g/mol. The van der Waals surface area contributed by atoms with Gasteiger partial charge in [-0.3, -0.25) is 0 Å². The number of aliphatic hydroxyl groups excluding tert-OH is 2. The quantitative estimate of drug-likeness (QED) is 0.204. The molecule has 5 fully saturated rings. The molecule has 1 spiro atoms. The molecule has 1 aliphatic carbocycles. The molecule has 14 nitrogen and oxygen atoms in total. The van der Waals surface area contributed by atoms with Crippen LogP contribution >= 0.6 is 0 Å². The number of fused-ring (bicyclic) bond motifs is 2. The van der Waals surface area contributed by atoms with Crippen molar-refractivity contribution in [2.45, 2.75) is 204 Å². The number of carbonyl (C=O) groups excluding carboxylic acids is 1. The lowest BCUT2D eigenvalue weighted by molar-refractivity contribution is -0.340. The van der Waals surface area contributed by atoms with Crippen molar-refractivity contribution in [1.29, 1.82) is 0 Å². The summed E-state index contributed by atoms with van der Waals surface area (Å²) in [4.78, 5) is 14.3. The lowest BCUT2D eigenvalue weighted by Gasteiger charge is -2.51. The maximum absolute atomic E-state index is 14.3. The van der Waals surface area contributed by atoms with Gasteiger partial charge in [0.15, 0.2) is 18.4 Å². The molecule has 62 heavy (non-hydrogen) atoms. The average Bonchev–Trinajstić information content (AvgIpc) is 3.58. The van der Waals surface area contributed by atoms with Gasteiger partial charge in [-0.25, -0.2) is 4.79 Å². The summed E-state index contributed by atoms with van der Waals surface area (Å²) in [7, 11) is 3.23. The van der Waals surface area contributed by atoms with Crippen molar-refractivity contribution in [3.05, 3.63) is 47.1 Å². The Hall–Kier alpha value is -2.05. The summed E-state index contributed by atoms with van der Waals surface area (Å²) in [5.41, 5.74) is -0.365. The minimum atomic E-state index is -1.88. The van der Waals surface area contributed by atoms with Gasteiger partial charge in [0, 0.05) is 58.2 Å². The number of hydrogen-bond donors (Lipinski definition) is 3. The molecule has 0 saturated carbocycles.